The van der Waals surface area contributed by atoms with E-state index in [0.29, 0.717) is 55.9 Å². The number of piperidine rings is 1. The first-order valence-corrected chi connectivity index (χ1v) is 27.4. The minimum absolute atomic E-state index is 0.00418. The van der Waals surface area contributed by atoms with Crippen LogP contribution < -0.4 is 34.5 Å². The minimum Gasteiger partial charge on any atom is -0.489 e. The standard InChI is InChI=1S/C54H66N8O9S/c1-33(2)40-7-4-5-8-41(40)44-9-6-22-61(44)37-29-54(30-37)18-23-60(24-19-54)36-10-11-42(46(26-36)71-48-25-35-14-21-56-50(35)58-52(48)70-38-15-20-55-31-38)51(63)59-72(67,68)39-27-45(62(65)66)49-47(28-39)69-32-43(57-49)34-12-16-53(3,64)17-13-34/h4-5,7-8,10-11,14,21,25-28,33-34,37-38,43-44,55,57,64H,6,9,12-13,15-20,22-24,29-32H2,1-3H3,(H,56,58)(H,59,63)/t34?,38-,43+,44+,53?/m0/s1. The summed E-state index contributed by atoms with van der Waals surface area (Å²) in [7, 11) is -4.71. The molecule has 1 spiro atoms. The van der Waals surface area contributed by atoms with Gasteiger partial charge >= 0.3 is 0 Å². The van der Waals surface area contributed by atoms with Gasteiger partial charge in [-0.25, -0.2) is 13.1 Å². The number of hydrogen-bond donors (Lipinski definition) is 5. The summed E-state index contributed by atoms with van der Waals surface area (Å²) in [6, 6.07) is 20.7. The number of pyridine rings is 1. The van der Waals surface area contributed by atoms with Gasteiger partial charge in [0.2, 0.25) is 0 Å². The molecule has 5 N–H and O–H groups in total. The Morgan fingerprint density at radius 2 is 1.78 bits per heavy atom. The number of carbonyl (C=O) groups excluding carboxylic acids is 1. The molecule has 5 aromatic rings. The Hall–Kier alpha value is -5.95. The fourth-order valence-electron chi connectivity index (χ4n) is 12.5. The van der Waals surface area contributed by atoms with E-state index in [2.05, 4.69) is 68.3 Å². The van der Waals surface area contributed by atoms with Gasteiger partial charge in [-0.2, -0.15) is 4.98 Å². The van der Waals surface area contributed by atoms with E-state index in [-0.39, 0.29) is 64.5 Å². The summed E-state index contributed by atoms with van der Waals surface area (Å²) in [5.41, 5.74) is 3.39. The molecule has 3 saturated heterocycles. The molecule has 18 heteroatoms. The van der Waals surface area contributed by atoms with Crippen molar-refractivity contribution in [1.82, 2.24) is 24.9 Å². The van der Waals surface area contributed by atoms with Crippen LogP contribution in [0.3, 0.4) is 0 Å². The number of sulfonamides is 1. The Kier molecular flexibility index (Phi) is 12.9. The average molecular weight is 1000 g/mol. The van der Waals surface area contributed by atoms with Crippen LogP contribution in [-0.4, -0.2) is 102 Å². The number of benzene rings is 3. The van der Waals surface area contributed by atoms with Gasteiger partial charge in [-0.3, -0.25) is 19.8 Å². The van der Waals surface area contributed by atoms with Gasteiger partial charge < -0.3 is 39.8 Å². The minimum atomic E-state index is -4.71. The summed E-state index contributed by atoms with van der Waals surface area (Å²) in [6.07, 6.45) is 11.8. The quantitative estimate of drug-likeness (QED) is 0.0551. The van der Waals surface area contributed by atoms with Crippen molar-refractivity contribution in [1.29, 1.82) is 0 Å². The maximum absolute atomic E-state index is 14.4. The number of nitro benzene ring substituents is 1. The van der Waals surface area contributed by atoms with Gasteiger partial charge in [0.25, 0.3) is 27.5 Å². The van der Waals surface area contributed by atoms with Gasteiger partial charge in [0.15, 0.2) is 17.2 Å². The van der Waals surface area contributed by atoms with Gasteiger partial charge in [0.1, 0.15) is 24.1 Å². The second-order valence-corrected chi connectivity index (χ2v) is 23.5. The van der Waals surface area contributed by atoms with Crippen LogP contribution in [-0.2, 0) is 10.0 Å². The summed E-state index contributed by atoms with van der Waals surface area (Å²) in [5.74, 6) is 0.158. The zero-order valence-electron chi connectivity index (χ0n) is 41.3. The fraction of sp³-hybridized carbons (Fsp3) is 0.519. The number of nitrogens with zero attached hydrogens (tertiary/aromatic N) is 4. The Labute approximate surface area is 420 Å². The second-order valence-electron chi connectivity index (χ2n) is 21.9. The van der Waals surface area contributed by atoms with Crippen LogP contribution >= 0.6 is 0 Å². The molecule has 2 aliphatic carbocycles. The number of amides is 1. The maximum atomic E-state index is 14.4. The Morgan fingerprint density at radius 1 is 0.986 bits per heavy atom. The number of hydrogen-bond acceptors (Lipinski definition) is 14. The zero-order chi connectivity index (χ0) is 49.9. The molecule has 3 atom stereocenters. The van der Waals surface area contributed by atoms with Gasteiger partial charge in [-0.15, -0.1) is 0 Å². The maximum Gasteiger partial charge on any atom is 0.297 e. The summed E-state index contributed by atoms with van der Waals surface area (Å²) >= 11 is 0. The lowest BCUT2D eigenvalue weighted by atomic mass is 9.59. The molecule has 11 rings (SSSR count). The molecule has 0 bridgehead atoms. The molecule has 0 radical (unpaired) electrons. The number of anilines is 2. The Morgan fingerprint density at radius 3 is 2.53 bits per heavy atom. The lowest BCUT2D eigenvalue weighted by Crippen LogP contribution is -2.54. The summed E-state index contributed by atoms with van der Waals surface area (Å²) in [4.78, 5) is 38.8. The predicted molar refractivity (Wildman–Crippen MR) is 274 cm³/mol. The van der Waals surface area contributed by atoms with Crippen molar-refractivity contribution in [3.8, 4) is 23.1 Å². The van der Waals surface area contributed by atoms with Crippen molar-refractivity contribution in [2.45, 2.75) is 132 Å². The van der Waals surface area contributed by atoms with E-state index in [1.165, 1.54) is 42.9 Å². The van der Waals surface area contributed by atoms with Crippen molar-refractivity contribution in [3.63, 3.8) is 0 Å². The molecule has 5 fully saturated rings. The second kappa shape index (κ2) is 19.1. The number of likely N-dealkylation sites (tertiary alicyclic amines) is 1. The molecular weight excluding hydrogens is 937 g/mol. The van der Waals surface area contributed by atoms with E-state index in [1.54, 1.807) is 24.4 Å². The predicted octanol–water partition coefficient (Wildman–Crippen LogP) is 8.95. The number of nitrogens with one attached hydrogen (secondary N) is 4. The van der Waals surface area contributed by atoms with Crippen molar-refractivity contribution in [2.24, 2.45) is 11.3 Å². The summed E-state index contributed by atoms with van der Waals surface area (Å²) in [5, 5.41) is 30.3. The number of aliphatic hydroxyl groups is 1. The highest BCUT2D eigenvalue weighted by atomic mass is 32.2. The number of ether oxygens (including phenoxy) is 3. The first-order valence-electron chi connectivity index (χ1n) is 25.9. The van der Waals surface area contributed by atoms with E-state index in [1.807, 2.05) is 19.1 Å². The van der Waals surface area contributed by atoms with Crippen LogP contribution in [0, 0.1) is 21.4 Å². The highest BCUT2D eigenvalue weighted by Gasteiger charge is 2.50. The fourth-order valence-corrected chi connectivity index (χ4v) is 13.5. The number of fused-ring (bicyclic) bond motifs is 2. The highest BCUT2D eigenvalue weighted by molar-refractivity contribution is 7.90. The molecule has 6 heterocycles. The number of aromatic nitrogens is 2. The molecule has 3 aromatic carbocycles. The number of carbonyl (C=O) groups is 1. The SMILES string of the molecule is CC(C)c1ccccc1[C@H]1CCCN1C1CC2(CCN(c3ccc(C(=O)NS(=O)(=O)c4cc5c(c([N+](=O)[O-])c4)N[C@@H](C4CCC(C)(O)CC4)CO5)c(Oc4cc5cc[nH]c5nc4O[C@H]4CCNC4)c3)CC2)C1. The van der Waals surface area contributed by atoms with E-state index in [0.717, 1.165) is 62.6 Å². The molecule has 1 amide bonds. The summed E-state index contributed by atoms with van der Waals surface area (Å²) in [6.45, 7) is 10.7. The molecular formula is C54H66N8O9S. The molecule has 0 unspecified atom stereocenters. The first-order chi connectivity index (χ1) is 34.6. The van der Waals surface area contributed by atoms with Crippen molar-refractivity contribution in [2.75, 3.05) is 49.5 Å². The van der Waals surface area contributed by atoms with Gasteiger partial charge in [-0.05, 0) is 143 Å². The molecule has 17 nitrogen and oxygen atoms in total. The van der Waals surface area contributed by atoms with E-state index >= 15 is 0 Å². The van der Waals surface area contributed by atoms with Crippen molar-refractivity contribution < 1.29 is 37.5 Å². The van der Waals surface area contributed by atoms with Crippen LogP contribution in [0.25, 0.3) is 11.0 Å². The van der Waals surface area contributed by atoms with Crippen LogP contribution in [0.5, 0.6) is 23.1 Å². The number of H-pyrrole nitrogens is 1. The normalized spacial score (nSPS) is 25.4. The Bertz CT molecular complexity index is 2960. The van der Waals surface area contributed by atoms with E-state index < -0.39 is 37.0 Å². The monoisotopic (exact) mass is 1000 g/mol. The van der Waals surface area contributed by atoms with Gasteiger partial charge in [-0.1, -0.05) is 38.1 Å². The molecule has 6 aliphatic rings. The molecule has 2 saturated carbocycles. The zero-order valence-corrected chi connectivity index (χ0v) is 42.1. The van der Waals surface area contributed by atoms with Gasteiger partial charge in [0.05, 0.1) is 27.0 Å². The average Bonchev–Trinajstić information content (AvgIpc) is 4.16. The van der Waals surface area contributed by atoms with Gasteiger partial charge in [0, 0.05) is 67.2 Å². The molecule has 72 heavy (non-hydrogen) atoms. The van der Waals surface area contributed by atoms with Crippen LogP contribution in [0.2, 0.25) is 0 Å². The molecule has 2 aromatic heterocycles. The number of rotatable bonds is 13. The van der Waals surface area contributed by atoms with Crippen LogP contribution in [0.1, 0.15) is 125 Å². The van der Waals surface area contributed by atoms with E-state index in [4.69, 9.17) is 19.2 Å². The third-order valence-corrected chi connectivity index (χ3v) is 18.0. The van der Waals surface area contributed by atoms with Crippen LogP contribution in [0.4, 0.5) is 17.1 Å². The highest BCUT2D eigenvalue weighted by Crippen LogP contribution is 2.54. The lowest BCUT2D eigenvalue weighted by Gasteiger charge is -2.56. The number of aromatic amines is 1. The molecule has 382 valence electrons. The molecule has 4 aliphatic heterocycles. The number of nitro groups is 1. The third-order valence-electron chi connectivity index (χ3n) is 16.7. The smallest absolute Gasteiger partial charge is 0.297 e. The van der Waals surface area contributed by atoms with E-state index in [9.17, 15) is 28.4 Å². The largest absolute Gasteiger partial charge is 0.489 e. The van der Waals surface area contributed by atoms with Crippen molar-refractivity contribution in [3.05, 3.63) is 99.7 Å². The Balaban J connectivity index is 0.842. The lowest BCUT2D eigenvalue weighted by molar-refractivity contribution is -0.384. The van der Waals surface area contributed by atoms with Crippen LogP contribution in [0.15, 0.2) is 77.8 Å². The van der Waals surface area contributed by atoms with Crippen molar-refractivity contribution >= 4 is 44.0 Å². The first kappa shape index (κ1) is 48.3. The summed E-state index contributed by atoms with van der Waals surface area (Å²) < 4.78 is 49.6. The third kappa shape index (κ3) is 9.58. The topological polar surface area (TPSA) is 214 Å².